The summed E-state index contributed by atoms with van der Waals surface area (Å²) in [6.07, 6.45) is 4.16. The fraction of sp³-hybridized carbons (Fsp3) is 0.0667. The van der Waals surface area contributed by atoms with Gasteiger partial charge >= 0.3 is 0 Å². The Bertz CT molecular complexity index is 571. The number of carbonyl (C=O) groups excluding carboxylic acids is 2. The smallest absolute Gasteiger partial charge is 0.292 e. The van der Waals surface area contributed by atoms with Crippen molar-refractivity contribution in [3.05, 3.63) is 66.1 Å². The molecule has 0 fully saturated rings. The van der Waals surface area contributed by atoms with Gasteiger partial charge in [-0.15, -0.1) is 0 Å². The van der Waals surface area contributed by atoms with Crippen molar-refractivity contribution in [1.82, 2.24) is 5.32 Å². The van der Waals surface area contributed by atoms with Crippen molar-refractivity contribution in [1.29, 1.82) is 0 Å². The number of rotatable bonds is 5. The maximum Gasteiger partial charge on any atom is 0.292 e. The highest BCUT2D eigenvalue weighted by atomic mass is 16.3. The Labute approximate surface area is 110 Å². The van der Waals surface area contributed by atoms with E-state index < -0.39 is 11.7 Å². The molecule has 0 saturated carbocycles. The van der Waals surface area contributed by atoms with Gasteiger partial charge in [-0.3, -0.25) is 9.59 Å². The Balaban J connectivity index is 1.85. The van der Waals surface area contributed by atoms with Gasteiger partial charge in [0.2, 0.25) is 5.78 Å². The fourth-order valence-corrected chi connectivity index (χ4v) is 1.48. The minimum absolute atomic E-state index is 0.333. The van der Waals surface area contributed by atoms with Crippen LogP contribution < -0.4 is 5.32 Å². The van der Waals surface area contributed by atoms with Gasteiger partial charge in [-0.2, -0.15) is 0 Å². The minimum Gasteiger partial charge on any atom is -0.465 e. The van der Waals surface area contributed by atoms with Gasteiger partial charge < -0.3 is 9.73 Å². The van der Waals surface area contributed by atoms with Crippen molar-refractivity contribution in [2.75, 3.05) is 0 Å². The summed E-state index contributed by atoms with van der Waals surface area (Å²) < 4.78 is 5.02. The number of benzene rings is 1. The predicted molar refractivity (Wildman–Crippen MR) is 71.0 cm³/mol. The van der Waals surface area contributed by atoms with Crippen LogP contribution in [0.4, 0.5) is 0 Å². The monoisotopic (exact) mass is 255 g/mol. The molecular formula is C15H13NO3. The molecule has 0 aliphatic heterocycles. The molecule has 0 saturated heterocycles. The van der Waals surface area contributed by atoms with Crippen molar-refractivity contribution in [2.45, 2.75) is 6.54 Å². The first-order valence-electron chi connectivity index (χ1n) is 5.83. The predicted octanol–water partition coefficient (Wildman–Crippen LogP) is 2.18. The van der Waals surface area contributed by atoms with Gasteiger partial charge in [0.25, 0.3) is 5.91 Å². The Morgan fingerprint density at radius 1 is 1.11 bits per heavy atom. The summed E-state index contributed by atoms with van der Waals surface area (Å²) in [5.41, 5.74) is 0.943. The van der Waals surface area contributed by atoms with Crippen LogP contribution in [0.2, 0.25) is 0 Å². The molecule has 0 spiro atoms. The van der Waals surface area contributed by atoms with Crippen molar-refractivity contribution in [2.24, 2.45) is 0 Å². The molecule has 0 aliphatic carbocycles. The zero-order chi connectivity index (χ0) is 13.5. The molecule has 1 amide bonds. The van der Waals surface area contributed by atoms with Crippen LogP contribution in [0.5, 0.6) is 0 Å². The third kappa shape index (κ3) is 3.96. The van der Waals surface area contributed by atoms with Gasteiger partial charge in [-0.1, -0.05) is 30.3 Å². The fourth-order valence-electron chi connectivity index (χ4n) is 1.48. The summed E-state index contributed by atoms with van der Waals surface area (Å²) >= 11 is 0. The van der Waals surface area contributed by atoms with E-state index in [9.17, 15) is 9.59 Å². The molecule has 0 unspecified atom stereocenters. The Morgan fingerprint density at radius 3 is 2.58 bits per heavy atom. The lowest BCUT2D eigenvalue weighted by atomic mass is 10.2. The van der Waals surface area contributed by atoms with Crippen LogP contribution in [0.25, 0.3) is 6.08 Å². The van der Waals surface area contributed by atoms with E-state index >= 15 is 0 Å². The highest BCUT2D eigenvalue weighted by molar-refractivity contribution is 6.41. The van der Waals surface area contributed by atoms with Crippen LogP contribution in [-0.2, 0) is 16.1 Å². The molecule has 0 aliphatic rings. The molecule has 1 N–H and O–H groups in total. The van der Waals surface area contributed by atoms with Crippen LogP contribution in [0.1, 0.15) is 11.3 Å². The first-order chi connectivity index (χ1) is 9.25. The van der Waals surface area contributed by atoms with Crippen LogP contribution >= 0.6 is 0 Å². The molecule has 0 bridgehead atoms. The summed E-state index contributed by atoms with van der Waals surface area (Å²) in [5.74, 6) is -0.705. The number of hydrogen-bond donors (Lipinski definition) is 1. The summed E-state index contributed by atoms with van der Waals surface area (Å²) in [6, 6.07) is 12.8. The number of ketones is 1. The van der Waals surface area contributed by atoms with Crippen molar-refractivity contribution >= 4 is 17.8 Å². The van der Waals surface area contributed by atoms with Gasteiger partial charge in [-0.05, 0) is 29.8 Å². The third-order valence-electron chi connectivity index (χ3n) is 2.46. The molecule has 0 radical (unpaired) electrons. The SMILES string of the molecule is O=C(/C=C/c1ccco1)C(=O)NCc1ccccc1. The van der Waals surface area contributed by atoms with E-state index in [1.807, 2.05) is 30.3 Å². The Hall–Kier alpha value is -2.62. The van der Waals surface area contributed by atoms with E-state index in [0.717, 1.165) is 5.56 Å². The topological polar surface area (TPSA) is 59.3 Å². The van der Waals surface area contributed by atoms with Gasteiger partial charge in [0.1, 0.15) is 5.76 Å². The molecule has 1 heterocycles. The van der Waals surface area contributed by atoms with Crippen LogP contribution in [0, 0.1) is 0 Å². The lowest BCUT2D eigenvalue weighted by Gasteiger charge is -2.02. The second-order valence-electron chi connectivity index (χ2n) is 3.88. The van der Waals surface area contributed by atoms with Crippen molar-refractivity contribution < 1.29 is 14.0 Å². The second kappa shape index (κ2) is 6.35. The van der Waals surface area contributed by atoms with Crippen LogP contribution in [0.3, 0.4) is 0 Å². The first kappa shape index (κ1) is 12.8. The molecule has 1 aromatic carbocycles. The molecule has 2 aromatic rings. The van der Waals surface area contributed by atoms with Gasteiger partial charge in [0.15, 0.2) is 0 Å². The van der Waals surface area contributed by atoms with Crippen molar-refractivity contribution in [3.63, 3.8) is 0 Å². The molecule has 19 heavy (non-hydrogen) atoms. The van der Waals surface area contributed by atoms with E-state index in [4.69, 9.17) is 4.42 Å². The first-order valence-corrected chi connectivity index (χ1v) is 5.83. The van der Waals surface area contributed by atoms with E-state index in [0.29, 0.717) is 12.3 Å². The quantitative estimate of drug-likeness (QED) is 0.658. The number of hydrogen-bond acceptors (Lipinski definition) is 3. The second-order valence-corrected chi connectivity index (χ2v) is 3.88. The van der Waals surface area contributed by atoms with E-state index in [-0.39, 0.29) is 0 Å². The van der Waals surface area contributed by atoms with Gasteiger partial charge in [0, 0.05) is 6.54 Å². The maximum atomic E-state index is 11.5. The standard InChI is InChI=1S/C15H13NO3/c17-14(9-8-13-7-4-10-19-13)15(18)16-11-12-5-2-1-3-6-12/h1-10H,11H2,(H,16,18)/b9-8+. The molecule has 1 aromatic heterocycles. The molecule has 4 nitrogen and oxygen atoms in total. The normalized spacial score (nSPS) is 10.5. The molecule has 0 atom stereocenters. The lowest BCUT2D eigenvalue weighted by molar-refractivity contribution is -0.135. The highest BCUT2D eigenvalue weighted by Gasteiger charge is 2.09. The number of nitrogens with one attached hydrogen (secondary N) is 1. The molecule has 96 valence electrons. The number of amides is 1. The molecular weight excluding hydrogens is 242 g/mol. The van der Waals surface area contributed by atoms with E-state index in [2.05, 4.69) is 5.32 Å². The van der Waals surface area contributed by atoms with Crippen LogP contribution in [-0.4, -0.2) is 11.7 Å². The number of furan rings is 1. The Kier molecular flexibility index (Phi) is 4.29. The minimum atomic E-state index is -0.633. The van der Waals surface area contributed by atoms with Crippen LogP contribution in [0.15, 0.2) is 59.2 Å². The Morgan fingerprint density at radius 2 is 1.89 bits per heavy atom. The molecule has 2 rings (SSSR count). The number of carbonyl (C=O) groups is 2. The summed E-state index contributed by atoms with van der Waals surface area (Å²) in [4.78, 5) is 23.1. The third-order valence-corrected chi connectivity index (χ3v) is 2.46. The average molecular weight is 255 g/mol. The largest absolute Gasteiger partial charge is 0.465 e. The summed E-state index contributed by atoms with van der Waals surface area (Å²) in [7, 11) is 0. The van der Waals surface area contributed by atoms with E-state index in [1.54, 1.807) is 12.1 Å². The summed E-state index contributed by atoms with van der Waals surface area (Å²) in [6.45, 7) is 0.333. The average Bonchev–Trinajstić information content (AvgIpc) is 2.96. The zero-order valence-corrected chi connectivity index (χ0v) is 10.2. The van der Waals surface area contributed by atoms with Gasteiger partial charge in [0.05, 0.1) is 6.26 Å². The zero-order valence-electron chi connectivity index (χ0n) is 10.2. The summed E-state index contributed by atoms with van der Waals surface area (Å²) in [5, 5.41) is 2.56. The maximum absolute atomic E-state index is 11.5. The highest BCUT2D eigenvalue weighted by Crippen LogP contribution is 2.02. The van der Waals surface area contributed by atoms with E-state index in [1.165, 1.54) is 18.4 Å². The van der Waals surface area contributed by atoms with Gasteiger partial charge in [-0.25, -0.2) is 0 Å². The molecule has 4 heteroatoms. The lowest BCUT2D eigenvalue weighted by Crippen LogP contribution is -2.29. The van der Waals surface area contributed by atoms with Crippen molar-refractivity contribution in [3.8, 4) is 0 Å².